The number of piperidine rings is 2. The summed E-state index contributed by atoms with van der Waals surface area (Å²) in [6.45, 7) is 11.8. The van der Waals surface area contributed by atoms with Gasteiger partial charge in [-0.1, -0.05) is 13.8 Å². The van der Waals surface area contributed by atoms with Crippen LogP contribution in [0.5, 0.6) is 0 Å². The topological polar surface area (TPSA) is 46.5 Å². The van der Waals surface area contributed by atoms with E-state index in [2.05, 4.69) is 27.9 Å². The van der Waals surface area contributed by atoms with Crippen molar-refractivity contribution in [3.05, 3.63) is 0 Å². The van der Waals surface area contributed by atoms with Crippen LogP contribution < -0.4 is 34.0 Å². The molecule has 0 aromatic heterocycles. The average Bonchev–Trinajstić information content (AvgIpc) is 3.17. The molecule has 1 N–H and O–H groups in total. The predicted octanol–water partition coefficient (Wildman–Crippen LogP) is -0.452. The van der Waals surface area contributed by atoms with Crippen LogP contribution >= 0.6 is 0 Å². The summed E-state index contributed by atoms with van der Waals surface area (Å²) in [4.78, 5) is 12.5. The molecule has 0 amide bonds. The summed E-state index contributed by atoms with van der Waals surface area (Å²) in [7, 11) is 4.94. The molecule has 4 saturated carbocycles. The standard InChI is InChI=1S/C33H58N2O3.2BrH/c1-23(36)38-31-28(34(4)16-8-6-9-17-34)21-27-25-13-12-24-20-30(37)29(35(5)18-10-7-11-19-35)22-33(24,3)26(25)14-15-32(27,31)2;;/h24-31,37H,6-22H2,1-5H3;2*1H/q+2;;/p-2/t24?,25?,26?,27?,28-,29-,30-,31-,32-,33-;;/m0../s1. The minimum absolute atomic E-state index is 0. The Kier molecular flexibility index (Phi) is 9.97. The summed E-state index contributed by atoms with van der Waals surface area (Å²) in [6.07, 6.45) is 16.5. The van der Waals surface area contributed by atoms with Gasteiger partial charge in [-0.3, -0.25) is 4.79 Å². The van der Waals surface area contributed by atoms with Crippen LogP contribution in [0.4, 0.5) is 0 Å². The highest BCUT2D eigenvalue weighted by Gasteiger charge is 2.67. The third kappa shape index (κ3) is 5.30. The molecule has 2 heterocycles. The third-order valence-corrected chi connectivity index (χ3v) is 14.2. The molecule has 4 unspecified atom stereocenters. The number of hydrogen-bond acceptors (Lipinski definition) is 3. The highest BCUT2D eigenvalue weighted by molar-refractivity contribution is 5.66. The van der Waals surface area contributed by atoms with Crippen LogP contribution in [0.25, 0.3) is 0 Å². The SMILES string of the molecule is CC(=O)O[C@H]1[C@@H]([N+]2(C)CCCCC2)CC2C3CCC4C[C@H](O)[C@@H]([N+]5(C)CCCCC5)C[C@]4(C)C3CC[C@@]21C.[Br-].[Br-]. The first-order valence-corrected chi connectivity index (χ1v) is 16.5. The number of fused-ring (bicyclic) bond motifs is 5. The lowest BCUT2D eigenvalue weighted by Crippen LogP contribution is -3.00. The van der Waals surface area contributed by atoms with Gasteiger partial charge >= 0.3 is 5.97 Å². The Morgan fingerprint density at radius 2 is 1.35 bits per heavy atom. The summed E-state index contributed by atoms with van der Waals surface area (Å²) in [5, 5.41) is 11.5. The van der Waals surface area contributed by atoms with Crippen molar-refractivity contribution in [2.75, 3.05) is 40.3 Å². The van der Waals surface area contributed by atoms with Crippen LogP contribution in [0.15, 0.2) is 0 Å². The van der Waals surface area contributed by atoms with Gasteiger partial charge in [0, 0.05) is 25.2 Å². The van der Waals surface area contributed by atoms with Gasteiger partial charge in [0.15, 0.2) is 6.10 Å². The molecule has 4 aliphatic carbocycles. The number of esters is 1. The highest BCUT2D eigenvalue weighted by Crippen LogP contribution is 2.67. The van der Waals surface area contributed by atoms with E-state index in [9.17, 15) is 9.90 Å². The van der Waals surface area contributed by atoms with Gasteiger partial charge in [0.2, 0.25) is 0 Å². The second-order valence-corrected chi connectivity index (χ2v) is 16.1. The molecule has 0 bridgehead atoms. The Labute approximate surface area is 265 Å². The van der Waals surface area contributed by atoms with Crippen molar-refractivity contribution in [3.8, 4) is 0 Å². The molecule has 7 heteroatoms. The minimum Gasteiger partial charge on any atom is -1.00 e. The van der Waals surface area contributed by atoms with E-state index in [-0.39, 0.29) is 57.6 Å². The zero-order chi connectivity index (χ0) is 26.9. The number of nitrogens with zero attached hydrogens (tertiary/aromatic N) is 2. The molecule has 6 aliphatic rings. The van der Waals surface area contributed by atoms with Crippen LogP contribution in [-0.2, 0) is 9.53 Å². The number of ether oxygens (including phenoxy) is 1. The lowest BCUT2D eigenvalue weighted by Gasteiger charge is -2.63. The highest BCUT2D eigenvalue weighted by atomic mass is 79.9. The summed E-state index contributed by atoms with van der Waals surface area (Å²) in [5.74, 6) is 2.76. The molecule has 0 radical (unpaired) electrons. The molecule has 2 saturated heterocycles. The molecule has 10 atom stereocenters. The molecule has 6 rings (SSSR count). The maximum Gasteiger partial charge on any atom is 0.303 e. The first-order chi connectivity index (χ1) is 18.0. The van der Waals surface area contributed by atoms with Gasteiger partial charge in [0.1, 0.15) is 18.2 Å². The Morgan fingerprint density at radius 3 is 1.93 bits per heavy atom. The average molecular weight is 691 g/mol. The fraction of sp³-hybridized carbons (Fsp3) is 0.970. The number of likely N-dealkylation sites (N-methyl/N-ethyl adjacent to an activating group) is 2. The Balaban J connectivity index is 0.00000185. The van der Waals surface area contributed by atoms with Gasteiger partial charge in [-0.15, -0.1) is 0 Å². The van der Waals surface area contributed by atoms with E-state index in [0.29, 0.717) is 29.3 Å². The van der Waals surface area contributed by atoms with Crippen molar-refractivity contribution >= 4 is 5.97 Å². The van der Waals surface area contributed by atoms with Gasteiger partial charge < -0.3 is 52.8 Å². The van der Waals surface area contributed by atoms with Gasteiger partial charge in [-0.05, 0) is 99.7 Å². The number of carbonyl (C=O) groups excluding carboxylic acids is 1. The Hall–Kier alpha value is 0.310. The Bertz CT molecular complexity index is 906. The maximum atomic E-state index is 12.5. The monoisotopic (exact) mass is 688 g/mol. The van der Waals surface area contributed by atoms with Gasteiger partial charge in [0.25, 0.3) is 0 Å². The first-order valence-electron chi connectivity index (χ1n) is 16.5. The zero-order valence-corrected chi connectivity index (χ0v) is 29.2. The van der Waals surface area contributed by atoms with Crippen molar-refractivity contribution < 1.29 is 57.6 Å². The van der Waals surface area contributed by atoms with E-state index in [0.717, 1.165) is 27.2 Å². The fourth-order valence-corrected chi connectivity index (χ4v) is 12.0. The van der Waals surface area contributed by atoms with Gasteiger partial charge in [-0.2, -0.15) is 0 Å². The molecule has 40 heavy (non-hydrogen) atoms. The fourth-order valence-electron chi connectivity index (χ4n) is 12.0. The predicted molar refractivity (Wildman–Crippen MR) is 151 cm³/mol. The smallest absolute Gasteiger partial charge is 0.303 e. The number of aliphatic hydroxyl groups is 1. The summed E-state index contributed by atoms with van der Waals surface area (Å²) >= 11 is 0. The number of quaternary nitrogens is 2. The van der Waals surface area contributed by atoms with Crippen LogP contribution in [0.2, 0.25) is 0 Å². The number of hydrogen-bond donors (Lipinski definition) is 1. The number of aliphatic hydroxyl groups excluding tert-OH is 1. The van der Waals surface area contributed by atoms with Crippen molar-refractivity contribution in [2.45, 2.75) is 129 Å². The number of carbonyl (C=O) groups is 1. The zero-order valence-electron chi connectivity index (χ0n) is 26.1. The minimum atomic E-state index is -0.130. The van der Waals surface area contributed by atoms with E-state index in [1.54, 1.807) is 6.92 Å². The maximum absolute atomic E-state index is 12.5. The molecule has 0 spiro atoms. The van der Waals surface area contributed by atoms with Gasteiger partial charge in [-0.25, -0.2) is 0 Å². The largest absolute Gasteiger partial charge is 1.00 e. The van der Waals surface area contributed by atoms with E-state index < -0.39 is 0 Å². The van der Waals surface area contributed by atoms with Gasteiger partial charge in [0.05, 0.1) is 40.3 Å². The summed E-state index contributed by atoms with van der Waals surface area (Å²) in [5.41, 5.74) is 0.448. The summed E-state index contributed by atoms with van der Waals surface area (Å²) < 4.78 is 8.58. The molecule has 5 nitrogen and oxygen atoms in total. The lowest BCUT2D eigenvalue weighted by molar-refractivity contribution is -0.943. The molecule has 6 fully saturated rings. The lowest BCUT2D eigenvalue weighted by atomic mass is 9.44. The van der Waals surface area contributed by atoms with E-state index in [4.69, 9.17) is 4.74 Å². The third-order valence-electron chi connectivity index (χ3n) is 14.2. The van der Waals surface area contributed by atoms with Crippen LogP contribution in [0.1, 0.15) is 104 Å². The molecule has 2 aliphatic heterocycles. The van der Waals surface area contributed by atoms with E-state index in [1.165, 1.54) is 103 Å². The molecular formula is C33H58Br2N2O3. The molecule has 232 valence electrons. The van der Waals surface area contributed by atoms with E-state index in [1.807, 2.05) is 0 Å². The van der Waals surface area contributed by atoms with Crippen molar-refractivity contribution in [3.63, 3.8) is 0 Å². The summed E-state index contributed by atoms with van der Waals surface area (Å²) in [6, 6.07) is 0.865. The quantitative estimate of drug-likeness (QED) is 0.323. The molecular weight excluding hydrogens is 632 g/mol. The molecule has 0 aromatic carbocycles. The number of likely N-dealkylation sites (tertiary alicyclic amines) is 2. The number of rotatable bonds is 3. The van der Waals surface area contributed by atoms with Crippen molar-refractivity contribution in [2.24, 2.45) is 34.5 Å². The van der Waals surface area contributed by atoms with E-state index >= 15 is 0 Å². The van der Waals surface area contributed by atoms with Crippen molar-refractivity contribution in [1.29, 1.82) is 0 Å². The van der Waals surface area contributed by atoms with Crippen molar-refractivity contribution in [1.82, 2.24) is 0 Å². The Morgan fingerprint density at radius 1 is 0.775 bits per heavy atom. The first kappa shape index (κ1) is 33.2. The van der Waals surface area contributed by atoms with Crippen LogP contribution in [0, 0.1) is 34.5 Å². The van der Waals surface area contributed by atoms with Crippen LogP contribution in [0.3, 0.4) is 0 Å². The molecule has 0 aromatic rings. The normalized spacial score (nSPS) is 47.4. The second-order valence-electron chi connectivity index (χ2n) is 16.1. The van der Waals surface area contributed by atoms with Crippen LogP contribution in [-0.4, -0.2) is 84.6 Å². The number of halogens is 2. The second kappa shape index (κ2) is 12.0.